The number of esters is 1. The Bertz CT molecular complexity index is 1300. The highest BCUT2D eigenvalue weighted by Gasteiger charge is 2.51. The van der Waals surface area contributed by atoms with Crippen LogP contribution in [0.3, 0.4) is 0 Å². The molecule has 1 atom stereocenters. The van der Waals surface area contributed by atoms with Gasteiger partial charge in [-0.1, -0.05) is 23.5 Å². The van der Waals surface area contributed by atoms with Gasteiger partial charge in [0.05, 0.1) is 28.5 Å². The Morgan fingerprint density at radius 3 is 2.44 bits per heavy atom. The number of alkyl halides is 3. The lowest BCUT2D eigenvalue weighted by Crippen LogP contribution is -2.44. The normalized spacial score (nSPS) is 18.1. The Kier molecular flexibility index (Phi) is 6.55. The molecule has 2 aromatic heterocycles. The van der Waals surface area contributed by atoms with Crippen molar-refractivity contribution in [2.75, 3.05) is 6.61 Å². The van der Waals surface area contributed by atoms with E-state index in [4.69, 9.17) is 4.74 Å². The number of ether oxygens (including phenoxy) is 1. The average molecular weight is 522 g/mol. The first-order valence-corrected chi connectivity index (χ1v) is 12.7. The first-order valence-electron chi connectivity index (χ1n) is 10.4. The number of halogens is 3. The van der Waals surface area contributed by atoms with Crippen molar-refractivity contribution >= 4 is 32.1 Å². The highest BCUT2D eigenvalue weighted by Crippen LogP contribution is 2.44. The number of imidazole rings is 1. The quantitative estimate of drug-likeness (QED) is 0.573. The van der Waals surface area contributed by atoms with E-state index in [-0.39, 0.29) is 13.0 Å². The number of allylic oxidation sites excluding steroid dienone is 3. The summed E-state index contributed by atoms with van der Waals surface area (Å²) in [6.07, 6.45) is -3.28. The number of sulfone groups is 1. The third-order valence-corrected chi connectivity index (χ3v) is 9.19. The van der Waals surface area contributed by atoms with Crippen LogP contribution >= 0.6 is 11.3 Å². The molecule has 2 aromatic rings. The van der Waals surface area contributed by atoms with Crippen LogP contribution in [-0.2, 0) is 25.0 Å². The van der Waals surface area contributed by atoms with Crippen molar-refractivity contribution in [3.63, 3.8) is 0 Å². The summed E-state index contributed by atoms with van der Waals surface area (Å²) in [4.78, 5) is 16.2. The molecular formula is C21H26F3N3O5S2. The molecule has 13 heteroatoms. The molecule has 188 valence electrons. The first kappa shape index (κ1) is 26.4. The smallest absolute Gasteiger partial charge is 0.417 e. The van der Waals surface area contributed by atoms with Crippen LogP contribution in [0, 0.1) is 6.92 Å². The van der Waals surface area contributed by atoms with Crippen molar-refractivity contribution in [2.45, 2.75) is 70.4 Å². The molecule has 3 rings (SSSR count). The number of nitrogens with zero attached hydrogens (tertiary/aromatic N) is 3. The SMILES string of the molecule is CCOC(=O)C(C)(C)S(=O)(=O)C1=CC(c2c(C)nc3sc(C(C)(C)O)nn23)CC=C1C(F)(F)F. The number of aromatic nitrogens is 3. The summed E-state index contributed by atoms with van der Waals surface area (Å²) in [6, 6.07) is 0. The second-order valence-corrected chi connectivity index (χ2v) is 12.4. The molecule has 1 aliphatic rings. The Morgan fingerprint density at radius 2 is 1.91 bits per heavy atom. The molecule has 0 amide bonds. The molecule has 0 radical (unpaired) electrons. The van der Waals surface area contributed by atoms with Gasteiger partial charge in [0, 0.05) is 5.92 Å². The zero-order chi connectivity index (χ0) is 25.9. The van der Waals surface area contributed by atoms with Crippen LogP contribution in [0.4, 0.5) is 13.2 Å². The molecule has 0 bridgehead atoms. The Hall–Kier alpha value is -2.25. The van der Waals surface area contributed by atoms with E-state index >= 15 is 0 Å². The summed E-state index contributed by atoms with van der Waals surface area (Å²) in [6.45, 7) is 8.13. The molecule has 0 fully saturated rings. The Balaban J connectivity index is 2.20. The number of hydrogen-bond donors (Lipinski definition) is 1. The van der Waals surface area contributed by atoms with Crippen molar-refractivity contribution < 1.29 is 36.2 Å². The minimum Gasteiger partial charge on any atom is -0.465 e. The first-order chi connectivity index (χ1) is 15.4. The maximum atomic E-state index is 13.8. The lowest BCUT2D eigenvalue weighted by atomic mass is 9.92. The number of aliphatic hydroxyl groups is 1. The second kappa shape index (κ2) is 8.45. The minimum absolute atomic E-state index is 0.123. The number of hydrogen-bond acceptors (Lipinski definition) is 8. The van der Waals surface area contributed by atoms with Crippen molar-refractivity contribution in [2.24, 2.45) is 0 Å². The third kappa shape index (κ3) is 4.40. The number of fused-ring (bicyclic) bond motifs is 1. The Labute approximate surface area is 199 Å². The summed E-state index contributed by atoms with van der Waals surface area (Å²) >= 11 is 1.12. The summed E-state index contributed by atoms with van der Waals surface area (Å²) in [5, 5.41) is 15.0. The summed E-state index contributed by atoms with van der Waals surface area (Å²) in [5.41, 5.74) is -1.72. The highest BCUT2D eigenvalue weighted by atomic mass is 32.2. The van der Waals surface area contributed by atoms with Gasteiger partial charge in [-0.05, 0) is 48.0 Å². The van der Waals surface area contributed by atoms with Crippen LogP contribution in [0.25, 0.3) is 4.96 Å². The molecule has 0 saturated carbocycles. The van der Waals surface area contributed by atoms with E-state index in [1.807, 2.05) is 0 Å². The maximum Gasteiger partial charge on any atom is 0.417 e. The molecular weight excluding hydrogens is 495 g/mol. The number of aryl methyl sites for hydroxylation is 1. The number of rotatable bonds is 6. The van der Waals surface area contributed by atoms with Crippen LogP contribution in [0.15, 0.2) is 22.6 Å². The summed E-state index contributed by atoms with van der Waals surface area (Å²) in [7, 11) is -4.81. The number of carbonyl (C=O) groups excluding carboxylic acids is 1. The van der Waals surface area contributed by atoms with Crippen molar-refractivity contribution in [3.8, 4) is 0 Å². The van der Waals surface area contributed by atoms with Crippen LogP contribution < -0.4 is 0 Å². The largest absolute Gasteiger partial charge is 0.465 e. The molecule has 0 spiro atoms. The van der Waals surface area contributed by atoms with Crippen LogP contribution in [0.2, 0.25) is 0 Å². The molecule has 2 heterocycles. The molecule has 34 heavy (non-hydrogen) atoms. The third-order valence-electron chi connectivity index (χ3n) is 5.52. The van der Waals surface area contributed by atoms with Crippen molar-refractivity contribution in [3.05, 3.63) is 39.0 Å². The molecule has 0 aromatic carbocycles. The molecule has 0 aliphatic heterocycles. The molecule has 1 N–H and O–H groups in total. The standard InChI is InChI=1S/C21H26F3N3O5S2/c1-7-32-17(28)20(5,6)34(30,31)14-10-12(8-9-13(14)21(22,23)24)15-11(2)25-18-27(15)26-16(33-18)19(3,4)29/h9-10,12,29H,7-8H2,1-6H3. The van der Waals surface area contributed by atoms with E-state index < -0.39 is 48.7 Å². The van der Waals surface area contributed by atoms with E-state index in [2.05, 4.69) is 10.1 Å². The fourth-order valence-electron chi connectivity index (χ4n) is 3.59. The topological polar surface area (TPSA) is 111 Å². The highest BCUT2D eigenvalue weighted by molar-refractivity contribution is 7.97. The summed E-state index contributed by atoms with van der Waals surface area (Å²) < 4.78 is 72.3. The van der Waals surface area contributed by atoms with Gasteiger partial charge in [0.1, 0.15) is 10.6 Å². The van der Waals surface area contributed by atoms with Gasteiger partial charge < -0.3 is 9.84 Å². The average Bonchev–Trinajstić information content (AvgIpc) is 3.23. The number of carbonyl (C=O) groups is 1. The van der Waals surface area contributed by atoms with Gasteiger partial charge in [0.15, 0.2) is 14.6 Å². The zero-order valence-electron chi connectivity index (χ0n) is 19.5. The second-order valence-electron chi connectivity index (χ2n) is 8.97. The molecule has 8 nitrogen and oxygen atoms in total. The van der Waals surface area contributed by atoms with Gasteiger partial charge in [0.2, 0.25) is 4.96 Å². The van der Waals surface area contributed by atoms with Crippen LogP contribution in [0.5, 0.6) is 0 Å². The van der Waals surface area contributed by atoms with E-state index in [0.29, 0.717) is 21.4 Å². The fraction of sp³-hybridized carbons (Fsp3) is 0.571. The monoisotopic (exact) mass is 521 g/mol. The van der Waals surface area contributed by atoms with Gasteiger partial charge in [-0.15, -0.1) is 0 Å². The predicted molar refractivity (Wildman–Crippen MR) is 120 cm³/mol. The van der Waals surface area contributed by atoms with E-state index in [9.17, 15) is 31.5 Å². The zero-order valence-corrected chi connectivity index (χ0v) is 21.2. The summed E-state index contributed by atoms with van der Waals surface area (Å²) in [5.74, 6) is -1.96. The van der Waals surface area contributed by atoms with Gasteiger partial charge in [0.25, 0.3) is 0 Å². The van der Waals surface area contributed by atoms with Gasteiger partial charge in [-0.2, -0.15) is 18.3 Å². The van der Waals surface area contributed by atoms with Crippen molar-refractivity contribution in [1.29, 1.82) is 0 Å². The van der Waals surface area contributed by atoms with Crippen molar-refractivity contribution in [1.82, 2.24) is 14.6 Å². The minimum atomic E-state index is -4.95. The van der Waals surface area contributed by atoms with Crippen LogP contribution in [-0.4, -0.2) is 51.6 Å². The lowest BCUT2D eigenvalue weighted by molar-refractivity contribution is -0.145. The van der Waals surface area contributed by atoms with Crippen LogP contribution in [0.1, 0.15) is 63.4 Å². The van der Waals surface area contributed by atoms with E-state index in [0.717, 1.165) is 37.3 Å². The van der Waals surface area contributed by atoms with Gasteiger partial charge in [-0.25, -0.2) is 17.9 Å². The van der Waals surface area contributed by atoms with Gasteiger partial charge in [-0.3, -0.25) is 4.79 Å². The predicted octanol–water partition coefficient (Wildman–Crippen LogP) is 3.94. The van der Waals surface area contributed by atoms with Gasteiger partial charge >= 0.3 is 12.1 Å². The molecule has 0 saturated heterocycles. The fourth-order valence-corrected chi connectivity index (χ4v) is 6.21. The molecule has 1 aliphatic carbocycles. The Morgan fingerprint density at radius 1 is 1.29 bits per heavy atom. The maximum absolute atomic E-state index is 13.8. The van der Waals surface area contributed by atoms with E-state index in [1.54, 1.807) is 20.8 Å². The van der Waals surface area contributed by atoms with E-state index in [1.165, 1.54) is 11.4 Å². The lowest BCUT2D eigenvalue weighted by Gasteiger charge is -2.29. The molecule has 1 unspecified atom stereocenters.